The van der Waals surface area contributed by atoms with Crippen molar-refractivity contribution in [3.63, 3.8) is 0 Å². The van der Waals surface area contributed by atoms with E-state index in [1.54, 1.807) is 6.07 Å². The number of aliphatic hydroxyl groups is 1. The van der Waals surface area contributed by atoms with Gasteiger partial charge in [0.25, 0.3) is 0 Å². The summed E-state index contributed by atoms with van der Waals surface area (Å²) in [5.74, 6) is 0.0337. The first-order valence-electron chi connectivity index (χ1n) is 8.36. The second-order valence-electron chi connectivity index (χ2n) is 6.23. The summed E-state index contributed by atoms with van der Waals surface area (Å²) >= 11 is 0. The maximum Gasteiger partial charge on any atom is 0.197 e. The van der Waals surface area contributed by atoms with E-state index < -0.39 is 11.9 Å². The lowest BCUT2D eigenvalue weighted by atomic mass is 10.00. The molecule has 128 valence electrons. The fraction of sp³-hybridized carbons (Fsp3) is 0.647. The molecule has 1 aromatic rings. The number of hydrogen-bond donors (Lipinski definition) is 2. The van der Waals surface area contributed by atoms with Crippen molar-refractivity contribution in [1.82, 2.24) is 10.2 Å². The van der Waals surface area contributed by atoms with Crippen LogP contribution in [0, 0.1) is 5.82 Å². The van der Waals surface area contributed by atoms with Crippen molar-refractivity contribution in [2.45, 2.75) is 31.4 Å². The molecule has 0 saturated carbocycles. The number of aliphatic hydroxyl groups excluding tert-OH is 1. The second-order valence-corrected chi connectivity index (χ2v) is 6.23. The summed E-state index contributed by atoms with van der Waals surface area (Å²) in [6.45, 7) is 3.60. The summed E-state index contributed by atoms with van der Waals surface area (Å²) in [5.41, 5.74) is 0.517. The number of benzene rings is 1. The van der Waals surface area contributed by atoms with Crippen molar-refractivity contribution in [1.29, 1.82) is 0 Å². The lowest BCUT2D eigenvalue weighted by Gasteiger charge is -2.32. The molecule has 0 aromatic heterocycles. The highest BCUT2D eigenvalue weighted by molar-refractivity contribution is 5.46. The molecule has 2 N–H and O–H groups in total. The Balaban J connectivity index is 1.74. The Morgan fingerprint density at radius 1 is 1.22 bits per heavy atom. The summed E-state index contributed by atoms with van der Waals surface area (Å²) in [6, 6.07) is 2.87. The number of fused-ring (bicyclic) bond motifs is 1. The van der Waals surface area contributed by atoms with Crippen LogP contribution in [0.1, 0.15) is 30.9 Å². The predicted octanol–water partition coefficient (Wildman–Crippen LogP) is 1.70. The van der Waals surface area contributed by atoms with Gasteiger partial charge in [-0.2, -0.15) is 0 Å². The van der Waals surface area contributed by atoms with E-state index in [1.165, 1.54) is 25.3 Å². The average Bonchev–Trinajstić information content (AvgIpc) is 2.60. The van der Waals surface area contributed by atoms with Crippen LogP contribution in [-0.4, -0.2) is 55.9 Å². The summed E-state index contributed by atoms with van der Waals surface area (Å²) in [7, 11) is 1.83. The molecule has 0 spiro atoms. The minimum Gasteiger partial charge on any atom is -0.486 e. The molecule has 0 unspecified atom stereocenters. The van der Waals surface area contributed by atoms with E-state index in [0.717, 1.165) is 19.6 Å². The number of halogens is 1. The fourth-order valence-electron chi connectivity index (χ4n) is 3.30. The zero-order chi connectivity index (χ0) is 16.2. The molecule has 5 nitrogen and oxygen atoms in total. The van der Waals surface area contributed by atoms with E-state index in [0.29, 0.717) is 24.5 Å². The lowest BCUT2D eigenvalue weighted by Crippen LogP contribution is -2.45. The van der Waals surface area contributed by atoms with Crippen molar-refractivity contribution in [2.75, 3.05) is 39.9 Å². The normalized spacial score (nSPS) is 21.0. The smallest absolute Gasteiger partial charge is 0.197 e. The molecule has 1 saturated heterocycles. The van der Waals surface area contributed by atoms with E-state index >= 15 is 0 Å². The molecule has 0 amide bonds. The van der Waals surface area contributed by atoms with Crippen LogP contribution in [0.25, 0.3) is 0 Å². The van der Waals surface area contributed by atoms with Gasteiger partial charge in [-0.15, -0.1) is 0 Å². The highest BCUT2D eigenvalue weighted by atomic mass is 19.1. The van der Waals surface area contributed by atoms with Crippen molar-refractivity contribution < 1.29 is 19.0 Å². The molecule has 1 aromatic carbocycles. The van der Waals surface area contributed by atoms with Crippen LogP contribution in [0.15, 0.2) is 12.1 Å². The molecular formula is C17H25FN2O3. The topological polar surface area (TPSA) is 54.0 Å². The molecule has 0 bridgehead atoms. The first kappa shape index (κ1) is 16.5. The molecular weight excluding hydrogens is 299 g/mol. The van der Waals surface area contributed by atoms with Crippen molar-refractivity contribution in [2.24, 2.45) is 0 Å². The standard InChI is InChI=1S/C17H25FN2O3/c1-19-14(11-20-5-3-2-4-6-20)16(21)12-9-13(18)17-15(10-12)22-7-8-23-17/h9-10,14,16,19,21H,2-8,11H2,1H3/t14-,16-/m1/s1. The van der Waals surface area contributed by atoms with E-state index in [1.807, 2.05) is 7.05 Å². The van der Waals surface area contributed by atoms with Crippen LogP contribution in [0.5, 0.6) is 11.5 Å². The number of nitrogens with zero attached hydrogens (tertiary/aromatic N) is 1. The largest absolute Gasteiger partial charge is 0.486 e. The molecule has 6 heteroatoms. The number of likely N-dealkylation sites (tertiary alicyclic amines) is 1. The monoisotopic (exact) mass is 324 g/mol. The van der Waals surface area contributed by atoms with Crippen LogP contribution in [0.2, 0.25) is 0 Å². The van der Waals surface area contributed by atoms with Gasteiger partial charge in [0.05, 0.1) is 6.10 Å². The molecule has 1 fully saturated rings. The molecule has 2 atom stereocenters. The maximum absolute atomic E-state index is 14.2. The summed E-state index contributed by atoms with van der Waals surface area (Å²) in [4.78, 5) is 2.35. The minimum atomic E-state index is -0.799. The SMILES string of the molecule is CN[C@H](CN1CCCCC1)[C@H](O)c1cc(F)c2c(c1)OCCO2. The average molecular weight is 324 g/mol. The van der Waals surface area contributed by atoms with Gasteiger partial charge in [0.2, 0.25) is 0 Å². The molecule has 2 aliphatic heterocycles. The Labute approximate surface area is 136 Å². The van der Waals surface area contributed by atoms with Gasteiger partial charge in [0, 0.05) is 12.6 Å². The van der Waals surface area contributed by atoms with E-state index in [-0.39, 0.29) is 11.8 Å². The number of likely N-dealkylation sites (N-methyl/N-ethyl adjacent to an activating group) is 1. The first-order chi connectivity index (χ1) is 11.2. The van der Waals surface area contributed by atoms with Crippen molar-refractivity contribution in [3.8, 4) is 11.5 Å². The molecule has 3 rings (SSSR count). The molecule has 2 heterocycles. The van der Waals surface area contributed by atoms with Crippen LogP contribution in [0.4, 0.5) is 4.39 Å². The third kappa shape index (κ3) is 3.76. The van der Waals surface area contributed by atoms with Crippen LogP contribution in [0.3, 0.4) is 0 Å². The van der Waals surface area contributed by atoms with Gasteiger partial charge in [-0.05, 0) is 50.7 Å². The van der Waals surface area contributed by atoms with Gasteiger partial charge in [-0.1, -0.05) is 6.42 Å². The second kappa shape index (κ2) is 7.47. The number of piperidine rings is 1. The van der Waals surface area contributed by atoms with Gasteiger partial charge < -0.3 is 24.8 Å². The van der Waals surface area contributed by atoms with Gasteiger partial charge in [0.1, 0.15) is 13.2 Å². The lowest BCUT2D eigenvalue weighted by molar-refractivity contribution is 0.0963. The Morgan fingerprint density at radius 2 is 1.96 bits per heavy atom. The van der Waals surface area contributed by atoms with E-state index in [4.69, 9.17) is 9.47 Å². The first-order valence-corrected chi connectivity index (χ1v) is 8.36. The van der Waals surface area contributed by atoms with E-state index in [9.17, 15) is 9.50 Å². The van der Waals surface area contributed by atoms with Gasteiger partial charge in [0.15, 0.2) is 17.3 Å². The fourth-order valence-corrected chi connectivity index (χ4v) is 3.30. The molecule has 23 heavy (non-hydrogen) atoms. The van der Waals surface area contributed by atoms with Gasteiger partial charge >= 0.3 is 0 Å². The predicted molar refractivity (Wildman–Crippen MR) is 85.5 cm³/mol. The third-order valence-electron chi connectivity index (χ3n) is 4.62. The van der Waals surface area contributed by atoms with Crippen molar-refractivity contribution >= 4 is 0 Å². The van der Waals surface area contributed by atoms with Crippen molar-refractivity contribution in [3.05, 3.63) is 23.5 Å². The van der Waals surface area contributed by atoms with E-state index in [2.05, 4.69) is 10.2 Å². The molecule has 0 aliphatic carbocycles. The Bertz CT molecular complexity index is 535. The number of rotatable bonds is 5. The quantitative estimate of drug-likeness (QED) is 0.863. The molecule has 0 radical (unpaired) electrons. The van der Waals surface area contributed by atoms with Gasteiger partial charge in [-0.3, -0.25) is 0 Å². The Hall–Kier alpha value is -1.37. The number of ether oxygens (including phenoxy) is 2. The van der Waals surface area contributed by atoms with Crippen LogP contribution in [-0.2, 0) is 0 Å². The summed E-state index contributed by atoms with van der Waals surface area (Å²) in [5, 5.41) is 13.8. The zero-order valence-corrected chi connectivity index (χ0v) is 13.6. The highest BCUT2D eigenvalue weighted by Gasteiger charge is 2.26. The zero-order valence-electron chi connectivity index (χ0n) is 13.6. The van der Waals surface area contributed by atoms with Gasteiger partial charge in [-0.25, -0.2) is 4.39 Å². The number of hydrogen-bond acceptors (Lipinski definition) is 5. The Kier molecular flexibility index (Phi) is 5.35. The highest BCUT2D eigenvalue weighted by Crippen LogP contribution is 2.36. The van der Waals surface area contributed by atoms with Crippen LogP contribution < -0.4 is 14.8 Å². The third-order valence-corrected chi connectivity index (χ3v) is 4.62. The maximum atomic E-state index is 14.2. The number of nitrogens with one attached hydrogen (secondary N) is 1. The summed E-state index contributed by atoms with van der Waals surface area (Å²) in [6.07, 6.45) is 2.87. The minimum absolute atomic E-state index is 0.143. The van der Waals surface area contributed by atoms with Crippen LogP contribution >= 0.6 is 0 Å². The summed E-state index contributed by atoms with van der Waals surface area (Å²) < 4.78 is 24.9. The Morgan fingerprint density at radius 3 is 2.70 bits per heavy atom. The molecule has 2 aliphatic rings.